The molecule has 0 radical (unpaired) electrons. The fourth-order valence-electron chi connectivity index (χ4n) is 4.53. The summed E-state index contributed by atoms with van der Waals surface area (Å²) >= 11 is 0. The second-order valence-corrected chi connectivity index (χ2v) is 7.07. The van der Waals surface area contributed by atoms with Crippen molar-refractivity contribution in [2.75, 3.05) is 26.7 Å². The van der Waals surface area contributed by atoms with Gasteiger partial charge in [0.2, 0.25) is 0 Å². The van der Waals surface area contributed by atoms with Crippen LogP contribution >= 0.6 is 0 Å². The molecule has 0 aliphatic carbocycles. The highest BCUT2D eigenvalue weighted by Gasteiger charge is 2.49. The second-order valence-electron chi connectivity index (χ2n) is 7.07. The zero-order chi connectivity index (χ0) is 15.7. The lowest BCUT2D eigenvalue weighted by atomic mass is 9.69. The van der Waals surface area contributed by atoms with Gasteiger partial charge in [-0.2, -0.15) is 0 Å². The molecule has 0 unspecified atom stereocenters. The first kappa shape index (κ1) is 14.9. The topological polar surface area (TPSA) is 19.4 Å². The Morgan fingerprint density at radius 2 is 1.83 bits per heavy atom. The smallest absolute Gasteiger partial charge is 0.0543 e. The minimum atomic E-state index is 0.344. The first-order valence-electron chi connectivity index (χ1n) is 8.66. The van der Waals surface area contributed by atoms with Gasteiger partial charge in [0.25, 0.3) is 0 Å². The van der Waals surface area contributed by atoms with Crippen LogP contribution in [0.3, 0.4) is 0 Å². The monoisotopic (exact) mass is 307 g/mol. The van der Waals surface area contributed by atoms with E-state index in [0.717, 1.165) is 19.6 Å². The van der Waals surface area contributed by atoms with Crippen molar-refractivity contribution >= 4 is 0 Å². The van der Waals surface area contributed by atoms with E-state index in [-0.39, 0.29) is 0 Å². The molecule has 1 aromatic heterocycles. The van der Waals surface area contributed by atoms with Crippen LogP contribution in [-0.4, -0.2) is 47.5 Å². The van der Waals surface area contributed by atoms with E-state index in [1.807, 2.05) is 12.3 Å². The predicted molar refractivity (Wildman–Crippen MR) is 93.3 cm³/mol. The van der Waals surface area contributed by atoms with Crippen molar-refractivity contribution in [1.82, 2.24) is 14.8 Å². The van der Waals surface area contributed by atoms with E-state index in [1.54, 1.807) is 0 Å². The Morgan fingerprint density at radius 3 is 2.61 bits per heavy atom. The number of hydrogen-bond donors (Lipinski definition) is 0. The van der Waals surface area contributed by atoms with Gasteiger partial charge >= 0.3 is 0 Å². The fraction of sp³-hybridized carbons (Fsp3) is 0.450. The predicted octanol–water partition coefficient (Wildman–Crippen LogP) is 2.93. The quantitative estimate of drug-likeness (QED) is 0.869. The van der Waals surface area contributed by atoms with Crippen LogP contribution in [0, 0.1) is 0 Å². The van der Waals surface area contributed by atoms with Gasteiger partial charge < -0.3 is 4.90 Å². The molecule has 3 heterocycles. The van der Waals surface area contributed by atoms with Crippen LogP contribution in [0.5, 0.6) is 0 Å². The van der Waals surface area contributed by atoms with Crippen LogP contribution in [-0.2, 0) is 12.0 Å². The number of benzene rings is 1. The molecular weight excluding hydrogens is 282 g/mol. The van der Waals surface area contributed by atoms with Gasteiger partial charge in [0.15, 0.2) is 0 Å². The molecule has 0 saturated carbocycles. The summed E-state index contributed by atoms with van der Waals surface area (Å²) in [6.45, 7) is 4.48. The molecule has 3 heteroatoms. The molecule has 2 aromatic rings. The van der Waals surface area contributed by atoms with Crippen LogP contribution in [0.2, 0.25) is 0 Å². The maximum atomic E-state index is 4.50. The van der Waals surface area contributed by atoms with Gasteiger partial charge in [-0.3, -0.25) is 9.88 Å². The highest BCUT2D eigenvalue weighted by atomic mass is 15.3. The number of piperidine rings is 1. The Labute approximate surface area is 139 Å². The molecule has 3 nitrogen and oxygen atoms in total. The Bertz CT molecular complexity index is 642. The SMILES string of the molecule is CN1CC[C@]2(c3ccccc3)CCN(Cc3ccccn3)C[C@H]12. The highest BCUT2D eigenvalue weighted by Crippen LogP contribution is 2.45. The zero-order valence-corrected chi connectivity index (χ0v) is 13.9. The molecular formula is C20H25N3. The molecule has 0 spiro atoms. The van der Waals surface area contributed by atoms with Gasteiger partial charge in [0.1, 0.15) is 0 Å². The van der Waals surface area contributed by atoms with E-state index in [1.165, 1.54) is 30.6 Å². The first-order chi connectivity index (χ1) is 11.3. The van der Waals surface area contributed by atoms with E-state index >= 15 is 0 Å². The summed E-state index contributed by atoms with van der Waals surface area (Å²) in [6.07, 6.45) is 4.43. The molecule has 4 rings (SSSR count). The minimum absolute atomic E-state index is 0.344. The number of hydrogen-bond acceptors (Lipinski definition) is 3. The summed E-state index contributed by atoms with van der Waals surface area (Å²) in [7, 11) is 2.29. The Balaban J connectivity index is 1.56. The van der Waals surface area contributed by atoms with Crippen molar-refractivity contribution in [3.8, 4) is 0 Å². The van der Waals surface area contributed by atoms with Crippen LogP contribution in [0.15, 0.2) is 54.7 Å². The van der Waals surface area contributed by atoms with Gasteiger partial charge in [-0.15, -0.1) is 0 Å². The van der Waals surface area contributed by atoms with Gasteiger partial charge in [-0.1, -0.05) is 36.4 Å². The average molecular weight is 307 g/mol. The second kappa shape index (κ2) is 6.06. The third-order valence-electron chi connectivity index (χ3n) is 5.85. The minimum Gasteiger partial charge on any atom is -0.301 e. The number of likely N-dealkylation sites (N-methyl/N-ethyl adjacent to an activating group) is 1. The number of nitrogens with zero attached hydrogens (tertiary/aromatic N) is 3. The van der Waals surface area contributed by atoms with Crippen molar-refractivity contribution in [2.24, 2.45) is 0 Å². The maximum Gasteiger partial charge on any atom is 0.0543 e. The van der Waals surface area contributed by atoms with E-state index < -0.39 is 0 Å². The molecule has 2 aliphatic rings. The molecule has 120 valence electrons. The van der Waals surface area contributed by atoms with Crippen LogP contribution in [0.4, 0.5) is 0 Å². The molecule has 2 aliphatic heterocycles. The van der Waals surface area contributed by atoms with Crippen LogP contribution in [0.25, 0.3) is 0 Å². The average Bonchev–Trinajstić information content (AvgIpc) is 2.95. The number of rotatable bonds is 3. The lowest BCUT2D eigenvalue weighted by molar-refractivity contribution is 0.0908. The van der Waals surface area contributed by atoms with Gasteiger partial charge in [0, 0.05) is 30.7 Å². The Morgan fingerprint density at radius 1 is 1.04 bits per heavy atom. The van der Waals surface area contributed by atoms with Crippen molar-refractivity contribution in [2.45, 2.75) is 30.8 Å². The number of likely N-dealkylation sites (tertiary alicyclic amines) is 2. The zero-order valence-electron chi connectivity index (χ0n) is 13.9. The first-order valence-corrected chi connectivity index (χ1v) is 8.66. The van der Waals surface area contributed by atoms with E-state index in [0.29, 0.717) is 11.5 Å². The Hall–Kier alpha value is -1.71. The largest absolute Gasteiger partial charge is 0.301 e. The fourth-order valence-corrected chi connectivity index (χ4v) is 4.53. The molecule has 23 heavy (non-hydrogen) atoms. The van der Waals surface area contributed by atoms with E-state index in [9.17, 15) is 0 Å². The maximum absolute atomic E-state index is 4.50. The van der Waals surface area contributed by atoms with Crippen molar-refractivity contribution < 1.29 is 0 Å². The normalized spacial score (nSPS) is 28.7. The van der Waals surface area contributed by atoms with E-state index in [4.69, 9.17) is 0 Å². The lowest BCUT2D eigenvalue weighted by Gasteiger charge is -2.46. The number of fused-ring (bicyclic) bond motifs is 1. The molecule has 0 bridgehead atoms. The summed E-state index contributed by atoms with van der Waals surface area (Å²) in [5, 5.41) is 0. The van der Waals surface area contributed by atoms with Gasteiger partial charge in [0.05, 0.1) is 5.69 Å². The molecule has 2 saturated heterocycles. The molecule has 2 atom stereocenters. The standard InChI is InChI=1S/C20H25N3/c1-22-13-10-20(17-7-3-2-4-8-17)11-14-23(16-19(20)22)15-18-9-5-6-12-21-18/h2-9,12,19H,10-11,13-16H2,1H3/t19-,20+/m0/s1. The van der Waals surface area contributed by atoms with Crippen LogP contribution < -0.4 is 0 Å². The third kappa shape index (κ3) is 2.68. The summed E-state index contributed by atoms with van der Waals surface area (Å²) < 4.78 is 0. The summed E-state index contributed by atoms with van der Waals surface area (Å²) in [6, 6.07) is 18.0. The Kier molecular flexibility index (Phi) is 3.92. The van der Waals surface area contributed by atoms with Crippen molar-refractivity contribution in [3.63, 3.8) is 0 Å². The lowest BCUT2D eigenvalue weighted by Crippen LogP contribution is -2.54. The van der Waals surface area contributed by atoms with Gasteiger partial charge in [-0.25, -0.2) is 0 Å². The summed E-state index contributed by atoms with van der Waals surface area (Å²) in [5.74, 6) is 0. The van der Waals surface area contributed by atoms with Gasteiger partial charge in [-0.05, 0) is 50.7 Å². The molecule has 0 amide bonds. The molecule has 1 aromatic carbocycles. The molecule has 0 N–H and O–H groups in total. The van der Waals surface area contributed by atoms with E-state index in [2.05, 4.69) is 64.3 Å². The number of pyridine rings is 1. The number of aromatic nitrogens is 1. The third-order valence-corrected chi connectivity index (χ3v) is 5.85. The highest BCUT2D eigenvalue weighted by molar-refractivity contribution is 5.31. The summed E-state index contributed by atoms with van der Waals surface area (Å²) in [5.41, 5.74) is 3.06. The van der Waals surface area contributed by atoms with Crippen molar-refractivity contribution in [3.05, 3.63) is 66.0 Å². The van der Waals surface area contributed by atoms with Crippen LogP contribution in [0.1, 0.15) is 24.1 Å². The van der Waals surface area contributed by atoms with Crippen molar-refractivity contribution in [1.29, 1.82) is 0 Å². The molecule has 2 fully saturated rings. The summed E-state index contributed by atoms with van der Waals surface area (Å²) in [4.78, 5) is 9.64.